The van der Waals surface area contributed by atoms with Crippen LogP contribution in [0.5, 0.6) is 11.5 Å². The molecule has 1 aliphatic heterocycles. The molecule has 1 aromatic heterocycles. The first kappa shape index (κ1) is 21.4. The molecule has 2 aromatic carbocycles. The summed E-state index contributed by atoms with van der Waals surface area (Å²) < 4.78 is 12.2. The van der Waals surface area contributed by atoms with Gasteiger partial charge in [0.15, 0.2) is 0 Å². The lowest BCUT2D eigenvalue weighted by Gasteiger charge is -2.17. The van der Waals surface area contributed by atoms with E-state index in [0.29, 0.717) is 42.6 Å². The summed E-state index contributed by atoms with van der Waals surface area (Å²) in [7, 11) is 3.39. The van der Waals surface area contributed by atoms with Gasteiger partial charge in [-0.2, -0.15) is 0 Å². The zero-order chi connectivity index (χ0) is 22.7. The van der Waals surface area contributed by atoms with Crippen LogP contribution in [-0.4, -0.2) is 47.0 Å². The van der Waals surface area contributed by atoms with Gasteiger partial charge in [0, 0.05) is 20.0 Å². The van der Waals surface area contributed by atoms with Gasteiger partial charge in [-0.15, -0.1) is 0 Å². The van der Waals surface area contributed by atoms with Crippen molar-refractivity contribution in [1.82, 2.24) is 14.5 Å². The number of aromatic nitrogens is 2. The number of hydrogen-bond acceptors (Lipinski definition) is 6. The summed E-state index contributed by atoms with van der Waals surface area (Å²) in [6.45, 7) is 0.828. The third kappa shape index (κ3) is 4.56. The van der Waals surface area contributed by atoms with Gasteiger partial charge in [0.05, 0.1) is 24.6 Å². The number of amides is 2. The molecule has 0 aliphatic carbocycles. The number of fused-ring (bicyclic) bond motifs is 2. The normalized spacial score (nSPS) is 12.4. The van der Waals surface area contributed by atoms with Gasteiger partial charge < -0.3 is 14.4 Å². The molecule has 166 valence electrons. The Kier molecular flexibility index (Phi) is 6.07. The highest BCUT2D eigenvalue weighted by atomic mass is 16.5. The van der Waals surface area contributed by atoms with Crippen molar-refractivity contribution in [3.63, 3.8) is 0 Å². The lowest BCUT2D eigenvalue weighted by atomic mass is 10.2. The van der Waals surface area contributed by atoms with E-state index in [-0.39, 0.29) is 29.9 Å². The molecule has 1 N–H and O–H groups in total. The molecule has 0 radical (unpaired) electrons. The molecule has 0 spiro atoms. The fourth-order valence-electron chi connectivity index (χ4n) is 3.54. The molecule has 9 heteroatoms. The van der Waals surface area contributed by atoms with Crippen LogP contribution in [0, 0.1) is 0 Å². The highest BCUT2D eigenvalue weighted by molar-refractivity contribution is 5.94. The molecule has 0 saturated heterocycles. The number of carbonyl (C=O) groups excluding carboxylic acids is 2. The van der Waals surface area contributed by atoms with Crippen LogP contribution in [0.25, 0.3) is 10.9 Å². The lowest BCUT2D eigenvalue weighted by molar-refractivity contribution is -0.130. The Hall–Kier alpha value is -3.88. The number of methoxy groups -OCH3 is 1. The van der Waals surface area contributed by atoms with Crippen LogP contribution < -0.4 is 20.3 Å². The number of nitrogens with zero attached hydrogens (tertiary/aromatic N) is 3. The van der Waals surface area contributed by atoms with Crippen molar-refractivity contribution in [3.05, 3.63) is 58.4 Å². The Morgan fingerprint density at radius 2 is 1.91 bits per heavy atom. The molecule has 0 unspecified atom stereocenters. The minimum absolute atomic E-state index is 0.0260. The Morgan fingerprint density at radius 1 is 1.16 bits per heavy atom. The third-order valence-electron chi connectivity index (χ3n) is 5.29. The van der Waals surface area contributed by atoms with Crippen molar-refractivity contribution in [3.8, 4) is 11.5 Å². The SMILES string of the molecule is COc1ccc(CN(C)C(=O)CCCOc2ccc3nc4n(c(=O)c3c2)CC(=O)N4)cc1. The van der Waals surface area contributed by atoms with Gasteiger partial charge in [-0.1, -0.05) is 12.1 Å². The molecular formula is C23H24N4O5. The van der Waals surface area contributed by atoms with Crippen molar-refractivity contribution in [2.45, 2.75) is 25.9 Å². The Balaban J connectivity index is 1.30. The smallest absolute Gasteiger partial charge is 0.263 e. The number of benzene rings is 2. The third-order valence-corrected chi connectivity index (χ3v) is 5.29. The molecule has 0 atom stereocenters. The topological polar surface area (TPSA) is 103 Å². The number of nitrogens with one attached hydrogen (secondary N) is 1. The maximum atomic E-state index is 12.6. The Morgan fingerprint density at radius 3 is 2.66 bits per heavy atom. The van der Waals surface area contributed by atoms with Crippen LogP contribution in [0.15, 0.2) is 47.3 Å². The molecular weight excluding hydrogens is 412 g/mol. The maximum Gasteiger partial charge on any atom is 0.263 e. The average Bonchev–Trinajstić information content (AvgIpc) is 3.18. The number of carbonyl (C=O) groups is 2. The molecule has 1 aliphatic rings. The minimum atomic E-state index is -0.288. The molecule has 2 heterocycles. The minimum Gasteiger partial charge on any atom is -0.497 e. The van der Waals surface area contributed by atoms with E-state index in [1.807, 2.05) is 24.3 Å². The molecule has 3 aromatic rings. The zero-order valence-corrected chi connectivity index (χ0v) is 18.0. The van der Waals surface area contributed by atoms with Crippen LogP contribution in [0.4, 0.5) is 5.95 Å². The largest absolute Gasteiger partial charge is 0.497 e. The van der Waals surface area contributed by atoms with Crippen LogP contribution in [0.1, 0.15) is 18.4 Å². The predicted octanol–water partition coefficient (Wildman–Crippen LogP) is 2.17. The standard InChI is InChI=1S/C23H24N4O5/c1-26(13-15-5-7-16(31-2)8-6-15)21(29)4-3-11-32-17-9-10-19-18(12-17)22(30)27-14-20(28)25-23(27)24-19/h5-10,12H,3-4,11,13-14H2,1-2H3,(H,24,25,28). The van der Waals surface area contributed by atoms with Crippen LogP contribution in [0.2, 0.25) is 0 Å². The molecule has 0 fully saturated rings. The molecule has 9 nitrogen and oxygen atoms in total. The summed E-state index contributed by atoms with van der Waals surface area (Å²) in [6, 6.07) is 12.6. The van der Waals surface area contributed by atoms with Crippen molar-refractivity contribution in [2.75, 3.05) is 26.1 Å². The van der Waals surface area contributed by atoms with Crippen LogP contribution in [-0.2, 0) is 22.7 Å². The highest BCUT2D eigenvalue weighted by Gasteiger charge is 2.21. The van der Waals surface area contributed by atoms with Crippen molar-refractivity contribution < 1.29 is 19.1 Å². The van der Waals surface area contributed by atoms with Gasteiger partial charge >= 0.3 is 0 Å². The monoisotopic (exact) mass is 436 g/mol. The van der Waals surface area contributed by atoms with Crippen molar-refractivity contribution in [1.29, 1.82) is 0 Å². The predicted molar refractivity (Wildman–Crippen MR) is 119 cm³/mol. The van der Waals surface area contributed by atoms with Gasteiger partial charge in [-0.05, 0) is 42.3 Å². The Bertz CT molecular complexity index is 1220. The second-order valence-corrected chi connectivity index (χ2v) is 7.60. The van der Waals surface area contributed by atoms with E-state index in [2.05, 4.69) is 10.3 Å². The first-order valence-corrected chi connectivity index (χ1v) is 10.3. The van der Waals surface area contributed by atoms with Gasteiger partial charge in [0.2, 0.25) is 17.8 Å². The lowest BCUT2D eigenvalue weighted by Crippen LogP contribution is -2.26. The first-order chi connectivity index (χ1) is 15.4. The summed E-state index contributed by atoms with van der Waals surface area (Å²) in [6.07, 6.45) is 0.898. The maximum absolute atomic E-state index is 12.6. The quantitative estimate of drug-likeness (QED) is 0.543. The molecule has 0 bridgehead atoms. The molecule has 4 rings (SSSR count). The number of ether oxygens (including phenoxy) is 2. The second-order valence-electron chi connectivity index (χ2n) is 7.60. The summed E-state index contributed by atoms with van der Waals surface area (Å²) in [4.78, 5) is 42.5. The van der Waals surface area contributed by atoms with Crippen LogP contribution >= 0.6 is 0 Å². The number of hydrogen-bond donors (Lipinski definition) is 1. The fourth-order valence-corrected chi connectivity index (χ4v) is 3.54. The van der Waals surface area contributed by atoms with Gasteiger partial charge in [0.25, 0.3) is 5.56 Å². The molecule has 2 amide bonds. The van der Waals surface area contributed by atoms with E-state index in [0.717, 1.165) is 11.3 Å². The van der Waals surface area contributed by atoms with E-state index in [4.69, 9.17) is 9.47 Å². The summed E-state index contributed by atoms with van der Waals surface area (Å²) in [5.41, 5.74) is 1.23. The van der Waals surface area contributed by atoms with E-state index >= 15 is 0 Å². The zero-order valence-electron chi connectivity index (χ0n) is 18.0. The highest BCUT2D eigenvalue weighted by Crippen LogP contribution is 2.20. The van der Waals surface area contributed by atoms with Crippen molar-refractivity contribution in [2.24, 2.45) is 0 Å². The van der Waals surface area contributed by atoms with Crippen molar-refractivity contribution >= 4 is 28.7 Å². The van der Waals surface area contributed by atoms with Gasteiger partial charge in [-0.3, -0.25) is 24.3 Å². The number of rotatable bonds is 8. The number of anilines is 1. The molecule has 0 saturated carbocycles. The Labute approximate surface area is 184 Å². The van der Waals surface area contributed by atoms with E-state index in [1.54, 1.807) is 37.3 Å². The molecule has 32 heavy (non-hydrogen) atoms. The first-order valence-electron chi connectivity index (χ1n) is 10.3. The summed E-state index contributed by atoms with van der Waals surface area (Å²) in [5, 5.41) is 2.95. The van der Waals surface area contributed by atoms with Gasteiger partial charge in [0.1, 0.15) is 18.0 Å². The van der Waals surface area contributed by atoms with E-state index < -0.39 is 0 Å². The van der Waals surface area contributed by atoms with E-state index in [1.165, 1.54) is 4.57 Å². The summed E-state index contributed by atoms with van der Waals surface area (Å²) >= 11 is 0. The summed E-state index contributed by atoms with van der Waals surface area (Å²) in [5.74, 6) is 1.33. The second kappa shape index (κ2) is 9.09. The average molecular weight is 436 g/mol. The fraction of sp³-hybridized carbons (Fsp3) is 0.304. The van der Waals surface area contributed by atoms with Crippen LogP contribution in [0.3, 0.4) is 0 Å². The van der Waals surface area contributed by atoms with Gasteiger partial charge in [-0.25, -0.2) is 4.98 Å². The van der Waals surface area contributed by atoms with E-state index in [9.17, 15) is 14.4 Å².